The van der Waals surface area contributed by atoms with Crippen LogP contribution >= 0.6 is 12.2 Å². The molecular formula is C11H16N3S+. The maximum Gasteiger partial charge on any atom is 0.174 e. The minimum atomic E-state index is 0.776. The van der Waals surface area contributed by atoms with Crippen LogP contribution in [0.15, 0.2) is 30.3 Å². The summed E-state index contributed by atoms with van der Waals surface area (Å²) >= 11 is 5.00. The van der Waals surface area contributed by atoms with Gasteiger partial charge in [-0.15, -0.1) is 0 Å². The number of thiocarbonyl (C=S) groups is 1. The van der Waals surface area contributed by atoms with Gasteiger partial charge in [-0.2, -0.15) is 0 Å². The van der Waals surface area contributed by atoms with Crippen LogP contribution in [0, 0.1) is 0 Å². The van der Waals surface area contributed by atoms with E-state index in [-0.39, 0.29) is 0 Å². The Labute approximate surface area is 95.5 Å². The predicted octanol–water partition coefficient (Wildman–Crippen LogP) is -0.493. The van der Waals surface area contributed by atoms with Crippen LogP contribution in [0.1, 0.15) is 5.56 Å². The van der Waals surface area contributed by atoms with Gasteiger partial charge in [0, 0.05) is 6.42 Å². The van der Waals surface area contributed by atoms with E-state index in [0.717, 1.165) is 31.4 Å². The van der Waals surface area contributed by atoms with Crippen molar-refractivity contribution in [3.8, 4) is 0 Å². The first kappa shape index (κ1) is 10.4. The first-order valence-electron chi connectivity index (χ1n) is 5.24. The minimum Gasteiger partial charge on any atom is -0.316 e. The molecule has 80 valence electrons. The maximum absolute atomic E-state index is 5.00. The Morgan fingerprint density at radius 1 is 1.13 bits per heavy atom. The molecule has 0 aliphatic carbocycles. The number of rotatable bonds is 3. The lowest BCUT2D eigenvalue weighted by Crippen LogP contribution is -3.17. The standard InChI is InChI=1S/C11H15N3S/c15-11-12-8-14(9-13-11)7-6-10-4-2-1-3-5-10/h1-5H,6-9H2,(H2,12,13,15)/p+1. The van der Waals surface area contributed by atoms with Crippen LogP contribution in [0.25, 0.3) is 0 Å². The summed E-state index contributed by atoms with van der Waals surface area (Å²) in [5.41, 5.74) is 1.40. The fourth-order valence-electron chi connectivity index (χ4n) is 1.68. The van der Waals surface area contributed by atoms with Crippen LogP contribution in [0.2, 0.25) is 0 Å². The number of hydrogen-bond donors (Lipinski definition) is 3. The lowest BCUT2D eigenvalue weighted by atomic mass is 10.1. The smallest absolute Gasteiger partial charge is 0.174 e. The summed E-state index contributed by atoms with van der Waals surface area (Å²) in [7, 11) is 0. The molecule has 0 unspecified atom stereocenters. The van der Waals surface area contributed by atoms with Crippen LogP contribution in [0.5, 0.6) is 0 Å². The molecule has 0 bridgehead atoms. The Hall–Kier alpha value is -1.13. The molecule has 1 aliphatic rings. The van der Waals surface area contributed by atoms with Gasteiger partial charge < -0.3 is 15.5 Å². The number of benzene rings is 1. The van der Waals surface area contributed by atoms with Gasteiger partial charge in [0.2, 0.25) is 0 Å². The average Bonchev–Trinajstić information content (AvgIpc) is 2.30. The molecule has 0 spiro atoms. The average molecular weight is 222 g/mol. The van der Waals surface area contributed by atoms with E-state index in [1.54, 1.807) is 0 Å². The highest BCUT2D eigenvalue weighted by Gasteiger charge is 2.13. The lowest BCUT2D eigenvalue weighted by Gasteiger charge is -2.26. The summed E-state index contributed by atoms with van der Waals surface area (Å²) in [5, 5.41) is 7.08. The molecule has 0 atom stereocenters. The third-order valence-electron chi connectivity index (χ3n) is 2.61. The SMILES string of the molecule is S=C1NC[NH+](CCc2ccccc2)CN1. The monoisotopic (exact) mass is 222 g/mol. The van der Waals surface area contributed by atoms with Crippen LogP contribution in [0.3, 0.4) is 0 Å². The van der Waals surface area contributed by atoms with Gasteiger partial charge in [-0.3, -0.25) is 0 Å². The third kappa shape index (κ3) is 3.18. The van der Waals surface area contributed by atoms with Gasteiger partial charge in [0.15, 0.2) is 18.4 Å². The quantitative estimate of drug-likeness (QED) is 0.603. The Bertz CT molecular complexity index is 316. The van der Waals surface area contributed by atoms with E-state index in [9.17, 15) is 0 Å². The number of nitrogens with one attached hydrogen (secondary N) is 3. The van der Waals surface area contributed by atoms with E-state index in [1.807, 2.05) is 0 Å². The molecule has 2 rings (SSSR count). The summed E-state index contributed by atoms with van der Waals surface area (Å²) in [4.78, 5) is 1.49. The molecule has 1 aromatic carbocycles. The van der Waals surface area contributed by atoms with Crippen molar-refractivity contribution in [2.75, 3.05) is 19.9 Å². The van der Waals surface area contributed by atoms with Gasteiger partial charge in [0.25, 0.3) is 0 Å². The maximum atomic E-state index is 5.00. The molecule has 1 fully saturated rings. The van der Waals surface area contributed by atoms with Crippen molar-refractivity contribution in [3.05, 3.63) is 35.9 Å². The van der Waals surface area contributed by atoms with E-state index in [0.29, 0.717) is 0 Å². The largest absolute Gasteiger partial charge is 0.316 e. The molecule has 0 saturated carbocycles. The first-order valence-corrected chi connectivity index (χ1v) is 5.64. The fourth-order valence-corrected chi connectivity index (χ4v) is 1.82. The van der Waals surface area contributed by atoms with Gasteiger partial charge in [-0.05, 0) is 17.8 Å². The molecule has 0 aromatic heterocycles. The Balaban J connectivity index is 1.77. The summed E-state index contributed by atoms with van der Waals surface area (Å²) in [6, 6.07) is 10.6. The van der Waals surface area contributed by atoms with Gasteiger partial charge >= 0.3 is 0 Å². The van der Waals surface area contributed by atoms with Crippen molar-refractivity contribution in [2.45, 2.75) is 6.42 Å². The Kier molecular flexibility index (Phi) is 3.53. The molecule has 1 heterocycles. The highest BCUT2D eigenvalue weighted by molar-refractivity contribution is 7.80. The molecule has 4 heteroatoms. The summed E-state index contributed by atoms with van der Waals surface area (Å²) in [5.74, 6) is 0. The van der Waals surface area contributed by atoms with Gasteiger partial charge in [0.1, 0.15) is 0 Å². The predicted molar refractivity (Wildman–Crippen MR) is 64.6 cm³/mol. The van der Waals surface area contributed by atoms with Crippen LogP contribution in [-0.2, 0) is 6.42 Å². The topological polar surface area (TPSA) is 28.5 Å². The third-order valence-corrected chi connectivity index (χ3v) is 2.90. The van der Waals surface area contributed by atoms with E-state index in [1.165, 1.54) is 10.5 Å². The van der Waals surface area contributed by atoms with Crippen molar-refractivity contribution in [3.63, 3.8) is 0 Å². The second kappa shape index (κ2) is 5.09. The van der Waals surface area contributed by atoms with Crippen molar-refractivity contribution in [2.24, 2.45) is 0 Å². The van der Waals surface area contributed by atoms with Crippen LogP contribution in [-0.4, -0.2) is 25.0 Å². The minimum absolute atomic E-state index is 0.776. The molecule has 0 amide bonds. The highest BCUT2D eigenvalue weighted by Crippen LogP contribution is 1.97. The molecule has 0 radical (unpaired) electrons. The molecule has 1 saturated heterocycles. The first-order chi connectivity index (χ1) is 7.34. The number of quaternary nitrogens is 1. The van der Waals surface area contributed by atoms with E-state index >= 15 is 0 Å². The molecular weight excluding hydrogens is 206 g/mol. The summed E-state index contributed by atoms with van der Waals surface area (Å²) in [6.45, 7) is 2.99. The van der Waals surface area contributed by atoms with Gasteiger partial charge in [-0.25, -0.2) is 0 Å². The van der Waals surface area contributed by atoms with Gasteiger partial charge in [0.05, 0.1) is 6.54 Å². The van der Waals surface area contributed by atoms with Crippen LogP contribution < -0.4 is 15.5 Å². The van der Waals surface area contributed by atoms with Crippen LogP contribution in [0.4, 0.5) is 0 Å². The number of hydrogen-bond acceptors (Lipinski definition) is 1. The van der Waals surface area contributed by atoms with Crippen molar-refractivity contribution in [1.29, 1.82) is 0 Å². The fraction of sp³-hybridized carbons (Fsp3) is 0.364. The molecule has 3 nitrogen and oxygen atoms in total. The normalized spacial score (nSPS) is 16.9. The summed E-state index contributed by atoms with van der Waals surface area (Å²) < 4.78 is 0. The zero-order chi connectivity index (χ0) is 10.5. The van der Waals surface area contributed by atoms with Gasteiger partial charge in [-0.1, -0.05) is 30.3 Å². The summed E-state index contributed by atoms with van der Waals surface area (Å²) in [6.07, 6.45) is 1.12. The molecule has 15 heavy (non-hydrogen) atoms. The zero-order valence-electron chi connectivity index (χ0n) is 8.62. The zero-order valence-corrected chi connectivity index (χ0v) is 9.44. The second-order valence-corrected chi connectivity index (χ2v) is 4.18. The van der Waals surface area contributed by atoms with E-state index in [2.05, 4.69) is 41.0 Å². The van der Waals surface area contributed by atoms with E-state index < -0.39 is 0 Å². The Morgan fingerprint density at radius 2 is 1.80 bits per heavy atom. The molecule has 1 aliphatic heterocycles. The van der Waals surface area contributed by atoms with Crippen molar-refractivity contribution < 1.29 is 4.90 Å². The van der Waals surface area contributed by atoms with Crippen molar-refractivity contribution >= 4 is 17.3 Å². The highest BCUT2D eigenvalue weighted by atomic mass is 32.1. The van der Waals surface area contributed by atoms with E-state index in [4.69, 9.17) is 12.2 Å². The second-order valence-electron chi connectivity index (χ2n) is 3.77. The Morgan fingerprint density at radius 3 is 2.47 bits per heavy atom. The van der Waals surface area contributed by atoms with Crippen molar-refractivity contribution in [1.82, 2.24) is 10.6 Å². The lowest BCUT2D eigenvalue weighted by molar-refractivity contribution is -0.906. The molecule has 3 N–H and O–H groups in total. The molecule has 1 aromatic rings.